The van der Waals surface area contributed by atoms with E-state index in [1.165, 1.54) is 75.7 Å². The molecule has 1 aromatic rings. The third-order valence-corrected chi connectivity index (χ3v) is 4.77. The Morgan fingerprint density at radius 1 is 0.696 bits per heavy atom. The summed E-state index contributed by atoms with van der Waals surface area (Å²) in [7, 11) is -4.94. The molecular formula is C17H25ClO5. The Bertz CT molecular complexity index is 423. The molecule has 0 aliphatic heterocycles. The molecule has 2 aliphatic rings. The molecule has 0 amide bonds. The molecule has 0 bridgehead atoms. The molecule has 0 atom stereocenters. The number of rotatable bonds is 2. The van der Waals surface area contributed by atoms with E-state index in [0.29, 0.717) is 11.8 Å². The van der Waals surface area contributed by atoms with E-state index in [1.54, 1.807) is 0 Å². The molecule has 1 aromatic heterocycles. The van der Waals surface area contributed by atoms with Gasteiger partial charge in [0.25, 0.3) is 0 Å². The molecule has 0 unspecified atom stereocenters. The molecule has 23 heavy (non-hydrogen) atoms. The Kier molecular flexibility index (Phi) is 7.24. The summed E-state index contributed by atoms with van der Waals surface area (Å²) in [5.41, 5.74) is 0. The maximum absolute atomic E-state index is 8.49. The Balaban J connectivity index is 0.000000338. The molecule has 2 fully saturated rings. The van der Waals surface area contributed by atoms with Crippen molar-refractivity contribution in [2.75, 3.05) is 0 Å². The monoisotopic (exact) mass is 344 g/mol. The van der Waals surface area contributed by atoms with Gasteiger partial charge in [-0.05, 0) is 31.7 Å². The van der Waals surface area contributed by atoms with Gasteiger partial charge in [0.05, 0.1) is 11.8 Å². The fraction of sp³-hybridized carbons (Fsp3) is 0.706. The molecule has 1 heterocycles. The zero-order valence-electron chi connectivity index (χ0n) is 13.4. The molecule has 0 spiro atoms. The molecule has 6 heteroatoms. The van der Waals surface area contributed by atoms with Crippen molar-refractivity contribution in [1.29, 1.82) is 0 Å². The summed E-state index contributed by atoms with van der Waals surface area (Å²) in [4.78, 5) is 0. The van der Waals surface area contributed by atoms with Gasteiger partial charge in [-0.1, -0.05) is 38.5 Å². The molecule has 130 valence electrons. The van der Waals surface area contributed by atoms with Gasteiger partial charge in [-0.3, -0.25) is 0 Å². The minimum Gasteiger partial charge on any atom is -0.222 e. The predicted octanol–water partition coefficient (Wildman–Crippen LogP) is 0.900. The molecule has 0 saturated heterocycles. The lowest BCUT2D eigenvalue weighted by Gasteiger charge is -2.18. The van der Waals surface area contributed by atoms with E-state index in [4.69, 9.17) is 23.1 Å². The predicted molar refractivity (Wildman–Crippen MR) is 74.8 cm³/mol. The Hall–Kier alpha value is -0.720. The van der Waals surface area contributed by atoms with Gasteiger partial charge in [-0.25, -0.2) is 23.1 Å². The number of halogens is 1. The normalized spacial score (nSPS) is 20.7. The van der Waals surface area contributed by atoms with Crippen molar-refractivity contribution in [3.63, 3.8) is 0 Å². The number of hydrogen-bond acceptors (Lipinski definition) is 4. The fourth-order valence-electron chi connectivity index (χ4n) is 3.65. The summed E-state index contributed by atoms with van der Waals surface area (Å²) >= 11 is 0. The zero-order valence-corrected chi connectivity index (χ0v) is 14.1. The van der Waals surface area contributed by atoms with E-state index >= 15 is 0 Å². The molecule has 0 radical (unpaired) electrons. The fourth-order valence-corrected chi connectivity index (χ4v) is 3.65. The van der Waals surface area contributed by atoms with E-state index in [9.17, 15) is 0 Å². The van der Waals surface area contributed by atoms with Crippen LogP contribution in [0.25, 0.3) is 0 Å². The standard InChI is InChI=1S/C17H25O.ClHO4/c1-3-8-14(9-4-1)16-12-7-13-17(18-16)15-10-5-2-6-11-15;2-1(3,4)5/h7,12-15H,1-6,8-11H2;(H,2,3,4,5)/q+1;/p-1. The molecule has 3 rings (SSSR count). The van der Waals surface area contributed by atoms with Crippen molar-refractivity contribution in [3.05, 3.63) is 29.7 Å². The topological polar surface area (TPSA) is 104 Å². The van der Waals surface area contributed by atoms with Gasteiger partial charge in [0.2, 0.25) is 0 Å². The van der Waals surface area contributed by atoms with Crippen LogP contribution in [0, 0.1) is 10.2 Å². The minimum absolute atomic E-state index is 0.697. The largest absolute Gasteiger partial charge is 0.332 e. The second-order valence-corrected chi connectivity index (χ2v) is 7.24. The van der Waals surface area contributed by atoms with E-state index in [0.717, 1.165) is 0 Å². The van der Waals surface area contributed by atoms with E-state index in [2.05, 4.69) is 18.2 Å². The first kappa shape index (κ1) is 18.6. The lowest BCUT2D eigenvalue weighted by Crippen LogP contribution is -2.68. The number of hydrogen-bond donors (Lipinski definition) is 0. The van der Waals surface area contributed by atoms with Gasteiger partial charge in [0, 0.05) is 12.1 Å². The van der Waals surface area contributed by atoms with Gasteiger partial charge >= 0.3 is 11.5 Å². The first-order valence-corrected chi connectivity index (χ1v) is 9.71. The van der Waals surface area contributed by atoms with Gasteiger partial charge in [-0.15, -0.1) is 10.2 Å². The van der Waals surface area contributed by atoms with Crippen molar-refractivity contribution < 1.29 is 33.3 Å². The van der Waals surface area contributed by atoms with Crippen LogP contribution in [0.3, 0.4) is 0 Å². The Labute approximate surface area is 139 Å². The molecular weight excluding hydrogens is 320 g/mol. The van der Waals surface area contributed by atoms with Crippen molar-refractivity contribution in [3.8, 4) is 0 Å². The van der Waals surface area contributed by atoms with Gasteiger partial charge in [0.1, 0.15) is 0 Å². The molecule has 2 saturated carbocycles. The van der Waals surface area contributed by atoms with E-state index in [1.807, 2.05) is 0 Å². The van der Waals surface area contributed by atoms with Crippen LogP contribution >= 0.6 is 0 Å². The second-order valence-electron chi connectivity index (χ2n) is 6.48. The van der Waals surface area contributed by atoms with Crippen LogP contribution in [0.15, 0.2) is 22.6 Å². The Morgan fingerprint density at radius 3 is 1.39 bits per heavy atom. The molecule has 0 N–H and O–H groups in total. The first-order chi connectivity index (χ1) is 10.9. The first-order valence-electron chi connectivity index (χ1n) is 8.48. The van der Waals surface area contributed by atoms with Crippen molar-refractivity contribution in [2.24, 2.45) is 0 Å². The lowest BCUT2D eigenvalue weighted by atomic mass is 9.86. The third-order valence-electron chi connectivity index (χ3n) is 4.77. The quantitative estimate of drug-likeness (QED) is 0.741. The third kappa shape index (κ3) is 7.14. The molecule has 0 aromatic carbocycles. The average molecular weight is 345 g/mol. The SMILES string of the molecule is [O-][Cl+3]([O-])([O-])[O-].c1cc(C2CCCCC2)[o+]c(C2CCCCC2)c1. The smallest absolute Gasteiger partial charge is 0.222 e. The second kappa shape index (κ2) is 8.94. The zero-order chi connectivity index (χ0) is 16.7. The maximum atomic E-state index is 8.49. The van der Waals surface area contributed by atoms with Crippen LogP contribution in [-0.2, 0) is 0 Å². The summed E-state index contributed by atoms with van der Waals surface area (Å²) in [6, 6.07) is 6.64. The van der Waals surface area contributed by atoms with E-state index < -0.39 is 10.2 Å². The van der Waals surface area contributed by atoms with Crippen molar-refractivity contribution in [1.82, 2.24) is 0 Å². The lowest BCUT2D eigenvalue weighted by molar-refractivity contribution is -2.00. The maximum Gasteiger partial charge on any atom is 0.332 e. The average Bonchev–Trinajstić information content (AvgIpc) is 2.55. The van der Waals surface area contributed by atoms with Gasteiger partial charge in [-0.2, -0.15) is 0 Å². The summed E-state index contributed by atoms with van der Waals surface area (Å²) in [6.07, 6.45) is 13.7. The Morgan fingerprint density at radius 2 is 1.04 bits per heavy atom. The van der Waals surface area contributed by atoms with Gasteiger partial charge < -0.3 is 0 Å². The van der Waals surface area contributed by atoms with Crippen LogP contribution in [0.2, 0.25) is 0 Å². The van der Waals surface area contributed by atoms with Crippen LogP contribution in [0.4, 0.5) is 0 Å². The highest BCUT2D eigenvalue weighted by Gasteiger charge is 2.29. The highest BCUT2D eigenvalue weighted by molar-refractivity contribution is 5.13. The van der Waals surface area contributed by atoms with E-state index in [-0.39, 0.29) is 0 Å². The summed E-state index contributed by atoms with van der Waals surface area (Å²) < 4.78 is 40.2. The summed E-state index contributed by atoms with van der Waals surface area (Å²) in [5.74, 6) is 3.92. The minimum atomic E-state index is -4.94. The van der Waals surface area contributed by atoms with Crippen molar-refractivity contribution >= 4 is 0 Å². The van der Waals surface area contributed by atoms with Crippen LogP contribution in [0.5, 0.6) is 0 Å². The summed E-state index contributed by atoms with van der Waals surface area (Å²) in [5, 5.41) is 0. The van der Waals surface area contributed by atoms with Gasteiger partial charge in [0.15, 0.2) is 0 Å². The highest BCUT2D eigenvalue weighted by Crippen LogP contribution is 2.36. The summed E-state index contributed by atoms with van der Waals surface area (Å²) in [6.45, 7) is 0. The van der Waals surface area contributed by atoms with Crippen LogP contribution in [-0.4, -0.2) is 0 Å². The molecule has 2 aliphatic carbocycles. The molecule has 5 nitrogen and oxygen atoms in total. The van der Waals surface area contributed by atoms with Crippen LogP contribution in [0.1, 0.15) is 87.6 Å². The highest BCUT2D eigenvalue weighted by atomic mass is 35.7. The van der Waals surface area contributed by atoms with Crippen LogP contribution < -0.4 is 18.6 Å². The van der Waals surface area contributed by atoms with Crippen molar-refractivity contribution in [2.45, 2.75) is 76.0 Å².